The molecule has 144 valence electrons. The van der Waals surface area contributed by atoms with Gasteiger partial charge in [-0.25, -0.2) is 8.42 Å². The Morgan fingerprint density at radius 1 is 0.964 bits per heavy atom. The molecule has 0 fully saturated rings. The molecule has 3 aromatic carbocycles. The Kier molecular flexibility index (Phi) is 6.20. The minimum atomic E-state index is -3.83. The van der Waals surface area contributed by atoms with Crippen LogP contribution in [-0.2, 0) is 10.0 Å². The number of carbonyl (C=O) groups is 1. The van der Waals surface area contributed by atoms with Crippen molar-refractivity contribution in [2.75, 3.05) is 17.1 Å². The number of methoxy groups -OCH3 is 1. The van der Waals surface area contributed by atoms with Crippen LogP contribution in [0.4, 0.5) is 11.4 Å². The van der Waals surface area contributed by atoms with Crippen molar-refractivity contribution in [3.8, 4) is 5.75 Å². The van der Waals surface area contributed by atoms with Crippen molar-refractivity contribution in [1.82, 2.24) is 0 Å². The number of halogens is 1. The average Bonchev–Trinajstić information content (AvgIpc) is 2.70. The highest BCUT2D eigenvalue weighted by Crippen LogP contribution is 2.29. The molecule has 0 aliphatic heterocycles. The van der Waals surface area contributed by atoms with Gasteiger partial charge in [0, 0.05) is 14.8 Å². The van der Waals surface area contributed by atoms with Crippen molar-refractivity contribution in [3.63, 3.8) is 0 Å². The Balaban J connectivity index is 1.89. The van der Waals surface area contributed by atoms with Crippen LogP contribution in [0.1, 0.15) is 10.4 Å². The molecule has 0 bridgehead atoms. The number of sulfonamides is 1. The second-order valence-electron chi connectivity index (χ2n) is 5.79. The van der Waals surface area contributed by atoms with E-state index in [4.69, 9.17) is 4.74 Å². The molecule has 1 amide bonds. The zero-order valence-corrected chi connectivity index (χ0v) is 17.8. The molecule has 0 heterocycles. The van der Waals surface area contributed by atoms with Crippen LogP contribution in [0.15, 0.2) is 77.7 Å². The lowest BCUT2D eigenvalue weighted by Crippen LogP contribution is -2.15. The lowest BCUT2D eigenvalue weighted by Gasteiger charge is -2.13. The van der Waals surface area contributed by atoms with Gasteiger partial charge in [-0.1, -0.05) is 18.2 Å². The molecule has 6 nitrogen and oxygen atoms in total. The van der Waals surface area contributed by atoms with Gasteiger partial charge in [-0.3, -0.25) is 9.52 Å². The first-order chi connectivity index (χ1) is 13.4. The molecule has 0 saturated heterocycles. The summed E-state index contributed by atoms with van der Waals surface area (Å²) in [7, 11) is -2.38. The summed E-state index contributed by atoms with van der Waals surface area (Å²) in [4.78, 5) is 12.4. The zero-order valence-electron chi connectivity index (χ0n) is 14.8. The van der Waals surface area contributed by atoms with Crippen molar-refractivity contribution in [2.45, 2.75) is 4.90 Å². The van der Waals surface area contributed by atoms with E-state index in [1.807, 2.05) is 0 Å². The van der Waals surface area contributed by atoms with Crippen molar-refractivity contribution in [3.05, 3.63) is 81.9 Å². The van der Waals surface area contributed by atoms with Crippen molar-refractivity contribution in [1.29, 1.82) is 0 Å². The van der Waals surface area contributed by atoms with Crippen LogP contribution >= 0.6 is 22.6 Å². The number of anilines is 2. The highest BCUT2D eigenvalue weighted by Gasteiger charge is 2.18. The Morgan fingerprint density at radius 2 is 1.64 bits per heavy atom. The van der Waals surface area contributed by atoms with E-state index in [-0.39, 0.29) is 16.5 Å². The zero-order chi connectivity index (χ0) is 20.1. The quantitative estimate of drug-likeness (QED) is 0.485. The third-order valence-electron chi connectivity index (χ3n) is 3.86. The molecule has 0 radical (unpaired) electrons. The van der Waals surface area contributed by atoms with Gasteiger partial charge in [0.2, 0.25) is 0 Å². The van der Waals surface area contributed by atoms with Gasteiger partial charge < -0.3 is 10.1 Å². The summed E-state index contributed by atoms with van der Waals surface area (Å²) in [6, 6.07) is 19.9. The standard InChI is InChI=1S/C20H17IN2O4S/c1-27-19-12-11-17(28(25,26)23-16-9-7-15(21)8-10-16)13-18(19)22-20(24)14-5-3-2-4-6-14/h2-13,23H,1H3,(H,22,24). The summed E-state index contributed by atoms with van der Waals surface area (Å²) < 4.78 is 34.2. The largest absolute Gasteiger partial charge is 0.495 e. The number of hydrogen-bond acceptors (Lipinski definition) is 4. The van der Waals surface area contributed by atoms with Crippen LogP contribution in [0.2, 0.25) is 0 Å². The van der Waals surface area contributed by atoms with E-state index >= 15 is 0 Å². The van der Waals surface area contributed by atoms with Gasteiger partial charge in [0.15, 0.2) is 0 Å². The molecule has 0 aromatic heterocycles. The lowest BCUT2D eigenvalue weighted by molar-refractivity contribution is 0.102. The number of amides is 1. The molecule has 0 spiro atoms. The van der Waals surface area contributed by atoms with E-state index in [1.165, 1.54) is 25.3 Å². The number of carbonyl (C=O) groups excluding carboxylic acids is 1. The Bertz CT molecular complexity index is 1080. The monoisotopic (exact) mass is 508 g/mol. The number of hydrogen-bond donors (Lipinski definition) is 2. The van der Waals surface area contributed by atoms with E-state index in [0.29, 0.717) is 17.0 Å². The summed E-state index contributed by atoms with van der Waals surface area (Å²) in [6.45, 7) is 0. The van der Waals surface area contributed by atoms with E-state index < -0.39 is 10.0 Å². The molecule has 28 heavy (non-hydrogen) atoms. The van der Waals surface area contributed by atoms with E-state index in [0.717, 1.165) is 3.57 Å². The first-order valence-corrected chi connectivity index (χ1v) is 10.8. The predicted molar refractivity (Wildman–Crippen MR) is 117 cm³/mol. The van der Waals surface area contributed by atoms with Gasteiger partial charge >= 0.3 is 0 Å². The van der Waals surface area contributed by atoms with Crippen LogP contribution in [0.3, 0.4) is 0 Å². The number of benzene rings is 3. The third kappa shape index (κ3) is 4.82. The van der Waals surface area contributed by atoms with E-state index in [1.54, 1.807) is 54.6 Å². The lowest BCUT2D eigenvalue weighted by atomic mass is 10.2. The first-order valence-electron chi connectivity index (χ1n) is 8.22. The van der Waals surface area contributed by atoms with Gasteiger partial charge in [-0.15, -0.1) is 0 Å². The van der Waals surface area contributed by atoms with Gasteiger partial charge in [0.25, 0.3) is 15.9 Å². The SMILES string of the molecule is COc1ccc(S(=O)(=O)Nc2ccc(I)cc2)cc1NC(=O)c1ccccc1. The Hall–Kier alpha value is -2.59. The second-order valence-corrected chi connectivity index (χ2v) is 8.72. The fourth-order valence-electron chi connectivity index (χ4n) is 2.47. The van der Waals surface area contributed by atoms with Crippen molar-refractivity contribution < 1.29 is 17.9 Å². The van der Waals surface area contributed by atoms with Gasteiger partial charge in [-0.2, -0.15) is 0 Å². The molecule has 3 aromatic rings. The van der Waals surface area contributed by atoms with Crippen molar-refractivity contribution >= 4 is 49.9 Å². The minimum Gasteiger partial charge on any atom is -0.495 e. The van der Waals surface area contributed by atoms with Crippen LogP contribution in [0.25, 0.3) is 0 Å². The number of ether oxygens (including phenoxy) is 1. The molecule has 3 rings (SSSR count). The summed E-state index contributed by atoms with van der Waals surface area (Å²) in [5.41, 5.74) is 1.17. The van der Waals surface area contributed by atoms with Crippen LogP contribution < -0.4 is 14.8 Å². The molecule has 8 heteroatoms. The van der Waals surface area contributed by atoms with Gasteiger partial charge in [-0.05, 0) is 77.2 Å². The van der Waals surface area contributed by atoms with Gasteiger partial charge in [0.05, 0.1) is 17.7 Å². The first kappa shape index (κ1) is 20.2. The Labute approximate surface area is 177 Å². The van der Waals surface area contributed by atoms with E-state index in [2.05, 4.69) is 32.6 Å². The van der Waals surface area contributed by atoms with Crippen LogP contribution in [0, 0.1) is 3.57 Å². The number of nitrogens with one attached hydrogen (secondary N) is 2. The molecule has 0 aliphatic carbocycles. The van der Waals surface area contributed by atoms with Crippen molar-refractivity contribution in [2.24, 2.45) is 0 Å². The van der Waals surface area contributed by atoms with Gasteiger partial charge in [0.1, 0.15) is 5.75 Å². The predicted octanol–water partition coefficient (Wildman–Crippen LogP) is 4.35. The summed E-state index contributed by atoms with van der Waals surface area (Å²) >= 11 is 2.14. The molecule has 0 aliphatic rings. The smallest absolute Gasteiger partial charge is 0.261 e. The normalized spacial score (nSPS) is 10.9. The highest BCUT2D eigenvalue weighted by molar-refractivity contribution is 14.1. The molecule has 0 saturated carbocycles. The topological polar surface area (TPSA) is 84.5 Å². The maximum atomic E-state index is 12.7. The average molecular weight is 508 g/mol. The molecule has 0 unspecified atom stereocenters. The fraction of sp³-hybridized carbons (Fsp3) is 0.0500. The summed E-state index contributed by atoms with van der Waals surface area (Å²) in [5, 5.41) is 2.70. The molecular weight excluding hydrogens is 491 g/mol. The van der Waals surface area contributed by atoms with Crippen LogP contribution in [0.5, 0.6) is 5.75 Å². The molecular formula is C20H17IN2O4S. The summed E-state index contributed by atoms with van der Waals surface area (Å²) in [6.07, 6.45) is 0. The minimum absolute atomic E-state index is 0.00946. The Morgan fingerprint density at radius 3 is 2.29 bits per heavy atom. The third-order valence-corrected chi connectivity index (χ3v) is 5.96. The maximum absolute atomic E-state index is 12.7. The second kappa shape index (κ2) is 8.61. The van der Waals surface area contributed by atoms with E-state index in [9.17, 15) is 13.2 Å². The molecule has 0 atom stereocenters. The molecule has 2 N–H and O–H groups in total. The highest BCUT2D eigenvalue weighted by atomic mass is 127. The summed E-state index contributed by atoms with van der Waals surface area (Å²) in [5.74, 6) is -0.00321. The number of rotatable bonds is 6. The maximum Gasteiger partial charge on any atom is 0.261 e. The fourth-order valence-corrected chi connectivity index (χ4v) is 3.91. The van der Waals surface area contributed by atoms with Crippen LogP contribution in [-0.4, -0.2) is 21.4 Å².